The monoisotopic (exact) mass is 308 g/mol. The SMILES string of the molecule is COc1cccc(CNc2cccnc2Br)c1O. The normalized spacial score (nSPS) is 10.1. The summed E-state index contributed by atoms with van der Waals surface area (Å²) in [5, 5.41) is 13.1. The number of rotatable bonds is 4. The molecule has 18 heavy (non-hydrogen) atoms. The van der Waals surface area contributed by atoms with Crippen molar-refractivity contribution in [1.82, 2.24) is 4.98 Å². The number of hydrogen-bond acceptors (Lipinski definition) is 4. The summed E-state index contributed by atoms with van der Waals surface area (Å²) in [6.07, 6.45) is 1.71. The molecule has 5 heteroatoms. The molecule has 4 nitrogen and oxygen atoms in total. The molecule has 0 aliphatic rings. The smallest absolute Gasteiger partial charge is 0.162 e. The number of phenols is 1. The Hall–Kier alpha value is -1.75. The van der Waals surface area contributed by atoms with E-state index in [4.69, 9.17) is 4.74 Å². The lowest BCUT2D eigenvalue weighted by Gasteiger charge is -2.11. The van der Waals surface area contributed by atoms with Crippen LogP contribution in [0.1, 0.15) is 5.56 Å². The van der Waals surface area contributed by atoms with Crippen LogP contribution in [0.2, 0.25) is 0 Å². The molecule has 2 aromatic rings. The first kappa shape index (κ1) is 12.7. The van der Waals surface area contributed by atoms with Crippen LogP contribution in [0.25, 0.3) is 0 Å². The van der Waals surface area contributed by atoms with Crippen LogP contribution in [0, 0.1) is 0 Å². The van der Waals surface area contributed by atoms with Crippen molar-refractivity contribution in [2.24, 2.45) is 0 Å². The van der Waals surface area contributed by atoms with Gasteiger partial charge in [-0.1, -0.05) is 12.1 Å². The highest BCUT2D eigenvalue weighted by Gasteiger charge is 2.07. The van der Waals surface area contributed by atoms with Gasteiger partial charge in [0.2, 0.25) is 0 Å². The lowest BCUT2D eigenvalue weighted by atomic mass is 10.2. The maximum atomic E-state index is 9.94. The summed E-state index contributed by atoms with van der Waals surface area (Å²) in [4.78, 5) is 4.11. The van der Waals surface area contributed by atoms with Gasteiger partial charge in [0, 0.05) is 18.3 Å². The standard InChI is InChI=1S/C13H13BrN2O2/c1-18-11-6-2-4-9(12(11)17)8-16-10-5-3-7-15-13(10)14/h2-7,16-17H,8H2,1H3. The molecule has 0 spiro atoms. The number of phenolic OH excluding ortho intramolecular Hbond substituents is 1. The minimum absolute atomic E-state index is 0.160. The number of halogens is 1. The Labute approximate surface area is 114 Å². The number of anilines is 1. The van der Waals surface area contributed by atoms with E-state index in [0.717, 1.165) is 15.9 Å². The molecule has 0 saturated carbocycles. The first-order valence-electron chi connectivity index (χ1n) is 5.41. The highest BCUT2D eigenvalue weighted by molar-refractivity contribution is 9.10. The first-order chi connectivity index (χ1) is 8.72. The zero-order chi connectivity index (χ0) is 13.0. The molecule has 1 heterocycles. The molecule has 1 aromatic carbocycles. The number of benzene rings is 1. The van der Waals surface area contributed by atoms with Crippen LogP contribution < -0.4 is 10.1 Å². The van der Waals surface area contributed by atoms with Gasteiger partial charge in [-0.15, -0.1) is 0 Å². The molecule has 94 valence electrons. The summed E-state index contributed by atoms with van der Waals surface area (Å²) >= 11 is 3.36. The summed E-state index contributed by atoms with van der Waals surface area (Å²) in [6, 6.07) is 9.16. The van der Waals surface area contributed by atoms with Gasteiger partial charge in [0.1, 0.15) is 4.60 Å². The van der Waals surface area contributed by atoms with Crippen LogP contribution in [-0.2, 0) is 6.54 Å². The fraction of sp³-hybridized carbons (Fsp3) is 0.154. The summed E-state index contributed by atoms with van der Waals surface area (Å²) in [7, 11) is 1.53. The van der Waals surface area contributed by atoms with Crippen LogP contribution in [0.4, 0.5) is 5.69 Å². The molecule has 0 bridgehead atoms. The maximum Gasteiger partial charge on any atom is 0.162 e. The van der Waals surface area contributed by atoms with Crippen molar-refractivity contribution in [2.45, 2.75) is 6.54 Å². The first-order valence-corrected chi connectivity index (χ1v) is 6.21. The van der Waals surface area contributed by atoms with Gasteiger partial charge < -0.3 is 15.2 Å². The van der Waals surface area contributed by atoms with Crippen LogP contribution in [0.15, 0.2) is 41.1 Å². The van der Waals surface area contributed by atoms with Gasteiger partial charge in [0.15, 0.2) is 11.5 Å². The number of ether oxygens (including phenoxy) is 1. The van der Waals surface area contributed by atoms with Gasteiger partial charge in [-0.25, -0.2) is 4.98 Å². The van der Waals surface area contributed by atoms with E-state index in [1.807, 2.05) is 24.3 Å². The number of para-hydroxylation sites is 1. The minimum Gasteiger partial charge on any atom is -0.504 e. The highest BCUT2D eigenvalue weighted by Crippen LogP contribution is 2.30. The Bertz CT molecular complexity index is 546. The predicted molar refractivity (Wildman–Crippen MR) is 73.9 cm³/mol. The van der Waals surface area contributed by atoms with E-state index in [1.165, 1.54) is 7.11 Å². The number of nitrogens with zero attached hydrogens (tertiary/aromatic N) is 1. The van der Waals surface area contributed by atoms with Gasteiger partial charge in [0.05, 0.1) is 12.8 Å². The molecule has 0 aliphatic heterocycles. The van der Waals surface area contributed by atoms with E-state index in [9.17, 15) is 5.11 Å². The van der Waals surface area contributed by atoms with E-state index in [-0.39, 0.29) is 5.75 Å². The predicted octanol–water partition coefficient (Wildman–Crippen LogP) is 3.17. The number of hydrogen-bond donors (Lipinski definition) is 2. The molecule has 0 fully saturated rings. The van der Waals surface area contributed by atoms with E-state index in [2.05, 4.69) is 26.2 Å². The lowest BCUT2D eigenvalue weighted by molar-refractivity contribution is 0.371. The van der Waals surface area contributed by atoms with Crippen molar-refractivity contribution in [3.8, 4) is 11.5 Å². The third kappa shape index (κ3) is 2.73. The van der Waals surface area contributed by atoms with Crippen LogP contribution in [0.5, 0.6) is 11.5 Å². The molecule has 0 radical (unpaired) electrons. The topological polar surface area (TPSA) is 54.4 Å². The molecule has 0 amide bonds. The second-order valence-corrected chi connectivity index (χ2v) is 4.41. The Kier molecular flexibility index (Phi) is 4.04. The van der Waals surface area contributed by atoms with Crippen molar-refractivity contribution in [3.63, 3.8) is 0 Å². The van der Waals surface area contributed by atoms with E-state index < -0.39 is 0 Å². The second kappa shape index (κ2) is 5.73. The van der Waals surface area contributed by atoms with E-state index in [0.29, 0.717) is 12.3 Å². The fourth-order valence-corrected chi connectivity index (χ4v) is 1.97. The van der Waals surface area contributed by atoms with Crippen LogP contribution in [0.3, 0.4) is 0 Å². The average molecular weight is 309 g/mol. The lowest BCUT2D eigenvalue weighted by Crippen LogP contribution is -2.01. The quantitative estimate of drug-likeness (QED) is 0.852. The van der Waals surface area contributed by atoms with Crippen molar-refractivity contribution in [1.29, 1.82) is 0 Å². The summed E-state index contributed by atoms with van der Waals surface area (Å²) in [5.74, 6) is 0.632. The molecule has 0 aliphatic carbocycles. The molecular formula is C13H13BrN2O2. The van der Waals surface area contributed by atoms with E-state index in [1.54, 1.807) is 12.3 Å². The van der Waals surface area contributed by atoms with Crippen LogP contribution >= 0.6 is 15.9 Å². The van der Waals surface area contributed by atoms with Crippen molar-refractivity contribution in [2.75, 3.05) is 12.4 Å². The fourth-order valence-electron chi connectivity index (χ4n) is 1.58. The average Bonchev–Trinajstić information content (AvgIpc) is 2.39. The number of aromatic hydroxyl groups is 1. The summed E-state index contributed by atoms with van der Waals surface area (Å²) < 4.78 is 5.80. The summed E-state index contributed by atoms with van der Waals surface area (Å²) in [5.41, 5.74) is 1.64. The van der Waals surface area contributed by atoms with Gasteiger partial charge in [-0.3, -0.25) is 0 Å². The number of methoxy groups -OCH3 is 1. The molecule has 0 unspecified atom stereocenters. The van der Waals surface area contributed by atoms with Crippen molar-refractivity contribution in [3.05, 3.63) is 46.7 Å². The van der Waals surface area contributed by atoms with Crippen molar-refractivity contribution >= 4 is 21.6 Å². The highest BCUT2D eigenvalue weighted by atomic mass is 79.9. The van der Waals surface area contributed by atoms with Gasteiger partial charge in [0.25, 0.3) is 0 Å². The molecular weight excluding hydrogens is 296 g/mol. The largest absolute Gasteiger partial charge is 0.504 e. The Balaban J connectivity index is 2.14. The molecule has 1 aromatic heterocycles. The number of aromatic nitrogens is 1. The zero-order valence-corrected chi connectivity index (χ0v) is 11.4. The van der Waals surface area contributed by atoms with Gasteiger partial charge in [-0.05, 0) is 34.1 Å². The number of pyridine rings is 1. The minimum atomic E-state index is 0.160. The Morgan fingerprint density at radius 3 is 2.89 bits per heavy atom. The van der Waals surface area contributed by atoms with Crippen LogP contribution in [-0.4, -0.2) is 17.2 Å². The Morgan fingerprint density at radius 1 is 1.33 bits per heavy atom. The zero-order valence-electron chi connectivity index (χ0n) is 9.85. The van der Waals surface area contributed by atoms with Gasteiger partial charge >= 0.3 is 0 Å². The molecule has 2 rings (SSSR count). The number of nitrogens with one attached hydrogen (secondary N) is 1. The molecule has 0 atom stereocenters. The molecule has 0 saturated heterocycles. The van der Waals surface area contributed by atoms with Gasteiger partial charge in [-0.2, -0.15) is 0 Å². The third-order valence-corrected chi connectivity index (χ3v) is 3.16. The maximum absolute atomic E-state index is 9.94. The molecule has 2 N–H and O–H groups in total. The Morgan fingerprint density at radius 2 is 2.17 bits per heavy atom. The second-order valence-electron chi connectivity index (χ2n) is 3.66. The summed E-state index contributed by atoms with van der Waals surface area (Å²) in [6.45, 7) is 0.493. The third-order valence-electron chi connectivity index (χ3n) is 2.53. The van der Waals surface area contributed by atoms with E-state index >= 15 is 0 Å². The van der Waals surface area contributed by atoms with Crippen molar-refractivity contribution < 1.29 is 9.84 Å².